The van der Waals surface area contributed by atoms with Crippen LogP contribution in [0.25, 0.3) is 0 Å². The third-order valence-electron chi connectivity index (χ3n) is 1.85. The van der Waals surface area contributed by atoms with Crippen molar-refractivity contribution in [3.63, 3.8) is 0 Å². The van der Waals surface area contributed by atoms with Gasteiger partial charge in [-0.1, -0.05) is 0 Å². The highest BCUT2D eigenvalue weighted by atomic mass is 79.9. The molecule has 0 atom stereocenters. The number of halogens is 1. The third-order valence-corrected chi connectivity index (χ3v) is 2.46. The highest BCUT2D eigenvalue weighted by Gasteiger charge is 2.05. The number of nitrogens with zero attached hydrogens (tertiary/aromatic N) is 5. The lowest BCUT2D eigenvalue weighted by Crippen LogP contribution is -2.07. The van der Waals surface area contributed by atoms with Crippen molar-refractivity contribution < 1.29 is 0 Å². The van der Waals surface area contributed by atoms with Crippen molar-refractivity contribution in [1.29, 1.82) is 0 Å². The van der Waals surface area contributed by atoms with Crippen LogP contribution in [0.3, 0.4) is 0 Å². The van der Waals surface area contributed by atoms with Crippen LogP contribution in [0.4, 0.5) is 5.82 Å². The molecule has 2 N–H and O–H groups in total. The Labute approximate surface area is 88.9 Å². The van der Waals surface area contributed by atoms with E-state index in [9.17, 15) is 0 Å². The van der Waals surface area contributed by atoms with Crippen LogP contribution < -0.4 is 5.73 Å². The molecular formula is C7H9BrN6. The maximum atomic E-state index is 5.59. The van der Waals surface area contributed by atoms with Gasteiger partial charge in [-0.05, 0) is 15.9 Å². The van der Waals surface area contributed by atoms with Gasteiger partial charge in [-0.2, -0.15) is 10.2 Å². The second-order valence-corrected chi connectivity index (χ2v) is 3.71. The van der Waals surface area contributed by atoms with Crippen LogP contribution in [0.5, 0.6) is 0 Å². The molecule has 0 bridgehead atoms. The summed E-state index contributed by atoms with van der Waals surface area (Å²) >= 11 is 3.29. The molecule has 0 amide bonds. The fourth-order valence-electron chi connectivity index (χ4n) is 1.10. The van der Waals surface area contributed by atoms with E-state index in [4.69, 9.17) is 5.73 Å². The van der Waals surface area contributed by atoms with E-state index >= 15 is 0 Å². The molecule has 0 saturated carbocycles. The van der Waals surface area contributed by atoms with E-state index in [1.54, 1.807) is 9.36 Å². The van der Waals surface area contributed by atoms with E-state index in [0.29, 0.717) is 12.4 Å². The zero-order valence-corrected chi connectivity index (χ0v) is 9.14. The number of nitrogen functional groups attached to an aromatic ring is 1. The normalized spacial score (nSPS) is 10.7. The van der Waals surface area contributed by atoms with Crippen LogP contribution in [0.1, 0.15) is 5.82 Å². The molecule has 2 aromatic heterocycles. The van der Waals surface area contributed by atoms with Crippen molar-refractivity contribution in [3.05, 3.63) is 22.8 Å². The van der Waals surface area contributed by atoms with Gasteiger partial charge in [-0.25, -0.2) is 4.98 Å². The molecule has 0 fully saturated rings. The van der Waals surface area contributed by atoms with Gasteiger partial charge in [-0.3, -0.25) is 9.36 Å². The van der Waals surface area contributed by atoms with Gasteiger partial charge in [0, 0.05) is 13.2 Å². The standard InChI is InChI=1S/C7H9BrN6/c1-13-6(10-4-11-13)3-14-2-5(8)7(9)12-14/h2,4H,3H2,1H3,(H2,9,12). The maximum Gasteiger partial charge on any atom is 0.159 e. The minimum atomic E-state index is 0.479. The van der Waals surface area contributed by atoms with Gasteiger partial charge in [0.05, 0.1) is 4.47 Å². The minimum Gasteiger partial charge on any atom is -0.381 e. The van der Waals surface area contributed by atoms with Crippen LogP contribution in [0.2, 0.25) is 0 Å². The largest absolute Gasteiger partial charge is 0.381 e. The highest BCUT2D eigenvalue weighted by molar-refractivity contribution is 9.10. The first-order valence-corrected chi connectivity index (χ1v) is 4.77. The summed E-state index contributed by atoms with van der Waals surface area (Å²) in [6, 6.07) is 0. The van der Waals surface area contributed by atoms with Crippen LogP contribution >= 0.6 is 15.9 Å². The average Bonchev–Trinajstić information content (AvgIpc) is 2.63. The monoisotopic (exact) mass is 256 g/mol. The molecule has 2 heterocycles. The molecule has 2 aromatic rings. The Hall–Kier alpha value is -1.37. The molecule has 0 radical (unpaired) electrons. The molecule has 0 aliphatic rings. The number of hydrogen-bond donors (Lipinski definition) is 1. The first-order chi connectivity index (χ1) is 6.66. The van der Waals surface area contributed by atoms with Gasteiger partial charge < -0.3 is 5.73 Å². The molecular weight excluding hydrogens is 248 g/mol. The van der Waals surface area contributed by atoms with Crippen molar-refractivity contribution >= 4 is 21.7 Å². The van der Waals surface area contributed by atoms with E-state index in [1.165, 1.54) is 6.33 Å². The SMILES string of the molecule is Cn1ncnc1Cn1cc(Br)c(N)n1. The summed E-state index contributed by atoms with van der Waals surface area (Å²) in [5, 5.41) is 8.06. The summed E-state index contributed by atoms with van der Waals surface area (Å²) in [5.74, 6) is 1.31. The van der Waals surface area contributed by atoms with E-state index < -0.39 is 0 Å². The quantitative estimate of drug-likeness (QED) is 0.845. The van der Waals surface area contributed by atoms with E-state index in [1.807, 2.05) is 13.2 Å². The van der Waals surface area contributed by atoms with Gasteiger partial charge >= 0.3 is 0 Å². The Morgan fingerprint density at radius 3 is 2.86 bits per heavy atom. The van der Waals surface area contributed by atoms with E-state index in [0.717, 1.165) is 10.3 Å². The molecule has 14 heavy (non-hydrogen) atoms. The number of hydrogen-bond acceptors (Lipinski definition) is 4. The topological polar surface area (TPSA) is 74.5 Å². The van der Waals surface area contributed by atoms with Crippen molar-refractivity contribution in [2.45, 2.75) is 6.54 Å². The maximum absolute atomic E-state index is 5.59. The van der Waals surface area contributed by atoms with Crippen molar-refractivity contribution in [1.82, 2.24) is 24.5 Å². The third kappa shape index (κ3) is 1.63. The molecule has 2 rings (SSSR count). The van der Waals surface area contributed by atoms with Gasteiger partial charge in [0.25, 0.3) is 0 Å². The fraction of sp³-hybridized carbons (Fsp3) is 0.286. The molecule has 0 saturated heterocycles. The molecule has 0 aliphatic carbocycles. The Morgan fingerprint density at radius 1 is 1.57 bits per heavy atom. The summed E-state index contributed by atoms with van der Waals surface area (Å²) in [6.07, 6.45) is 3.32. The number of aromatic nitrogens is 5. The van der Waals surface area contributed by atoms with Crippen molar-refractivity contribution in [3.8, 4) is 0 Å². The van der Waals surface area contributed by atoms with Crippen LogP contribution in [0, 0.1) is 0 Å². The summed E-state index contributed by atoms with van der Waals surface area (Å²) in [6.45, 7) is 0.562. The zero-order chi connectivity index (χ0) is 10.1. The van der Waals surface area contributed by atoms with Gasteiger partial charge in [0.15, 0.2) is 5.82 Å². The molecule has 7 heteroatoms. The van der Waals surface area contributed by atoms with Crippen LogP contribution in [-0.4, -0.2) is 24.5 Å². The summed E-state index contributed by atoms with van der Waals surface area (Å²) in [5.41, 5.74) is 5.59. The Morgan fingerprint density at radius 2 is 2.36 bits per heavy atom. The van der Waals surface area contributed by atoms with E-state index in [2.05, 4.69) is 31.1 Å². The lowest BCUT2D eigenvalue weighted by Gasteiger charge is -1.99. The van der Waals surface area contributed by atoms with Crippen LogP contribution in [-0.2, 0) is 13.6 Å². The Kier molecular flexibility index (Phi) is 2.24. The zero-order valence-electron chi connectivity index (χ0n) is 7.55. The number of aryl methyl sites for hydroxylation is 1. The first kappa shape index (κ1) is 9.20. The average molecular weight is 257 g/mol. The summed E-state index contributed by atoms with van der Waals surface area (Å²) in [7, 11) is 1.84. The smallest absolute Gasteiger partial charge is 0.159 e. The highest BCUT2D eigenvalue weighted by Crippen LogP contribution is 2.16. The molecule has 0 aliphatic heterocycles. The fourth-order valence-corrected chi connectivity index (χ4v) is 1.42. The lowest BCUT2D eigenvalue weighted by atomic mass is 10.6. The summed E-state index contributed by atoms with van der Waals surface area (Å²) < 4.78 is 4.20. The molecule has 6 nitrogen and oxygen atoms in total. The first-order valence-electron chi connectivity index (χ1n) is 3.98. The lowest BCUT2D eigenvalue weighted by molar-refractivity contribution is 0.609. The van der Waals surface area contributed by atoms with Crippen molar-refractivity contribution in [2.75, 3.05) is 5.73 Å². The second kappa shape index (κ2) is 3.41. The van der Waals surface area contributed by atoms with Crippen molar-refractivity contribution in [2.24, 2.45) is 7.05 Å². The summed E-state index contributed by atoms with van der Waals surface area (Å²) in [4.78, 5) is 4.08. The molecule has 0 aromatic carbocycles. The number of rotatable bonds is 2. The predicted octanol–water partition coefficient (Wildman–Crippen LogP) is 0.405. The number of nitrogens with two attached hydrogens (primary N) is 1. The predicted molar refractivity (Wildman–Crippen MR) is 54.4 cm³/mol. The second-order valence-electron chi connectivity index (χ2n) is 2.86. The van der Waals surface area contributed by atoms with E-state index in [-0.39, 0.29) is 0 Å². The van der Waals surface area contributed by atoms with Gasteiger partial charge in [0.1, 0.15) is 18.7 Å². The van der Waals surface area contributed by atoms with Gasteiger partial charge in [0.2, 0.25) is 0 Å². The van der Waals surface area contributed by atoms with Gasteiger partial charge in [-0.15, -0.1) is 0 Å². The molecule has 74 valence electrons. The van der Waals surface area contributed by atoms with Crippen LogP contribution in [0.15, 0.2) is 17.0 Å². The Bertz CT molecular complexity index is 425. The molecule has 0 spiro atoms. The minimum absolute atomic E-state index is 0.479. The molecule has 0 unspecified atom stereocenters. The number of anilines is 1. The Balaban J connectivity index is 2.23.